The third kappa shape index (κ3) is 2.48. The smallest absolute Gasteiger partial charge is 0.141 e. The van der Waals surface area contributed by atoms with Gasteiger partial charge in [0.15, 0.2) is 0 Å². The molecule has 0 saturated heterocycles. The van der Waals surface area contributed by atoms with Gasteiger partial charge in [0.1, 0.15) is 11.8 Å². The van der Waals surface area contributed by atoms with Crippen LogP contribution in [0.15, 0.2) is 30.9 Å². The van der Waals surface area contributed by atoms with Gasteiger partial charge >= 0.3 is 0 Å². The van der Waals surface area contributed by atoms with E-state index in [0.717, 1.165) is 17.0 Å². The van der Waals surface area contributed by atoms with E-state index in [1.807, 2.05) is 44.1 Å². The van der Waals surface area contributed by atoms with Crippen molar-refractivity contribution in [1.82, 2.24) is 4.98 Å². The highest BCUT2D eigenvalue weighted by Gasteiger charge is 2.08. The van der Waals surface area contributed by atoms with Crippen LogP contribution in [-0.4, -0.2) is 19.1 Å². The minimum Gasteiger partial charge on any atom is -0.376 e. The maximum atomic E-state index is 8.84. The van der Waals surface area contributed by atoms with Crippen molar-refractivity contribution in [2.24, 2.45) is 0 Å². The fourth-order valence-electron chi connectivity index (χ4n) is 1.42. The summed E-state index contributed by atoms with van der Waals surface area (Å²) < 4.78 is 0. The standard InChI is InChI=1S/C13H15N3/c1-5-6-10(2)13-12(16(3)4)8-7-11(9-14)15-13/h5-8H,1H2,2-4H3/b10-6-. The second-order valence-electron chi connectivity index (χ2n) is 3.66. The van der Waals surface area contributed by atoms with Crippen LogP contribution < -0.4 is 4.90 Å². The zero-order valence-corrected chi connectivity index (χ0v) is 9.86. The first-order valence-corrected chi connectivity index (χ1v) is 4.98. The average molecular weight is 213 g/mol. The van der Waals surface area contributed by atoms with Crippen LogP contribution in [0.4, 0.5) is 5.69 Å². The summed E-state index contributed by atoms with van der Waals surface area (Å²) in [6.07, 6.45) is 3.60. The zero-order valence-electron chi connectivity index (χ0n) is 9.86. The Hall–Kier alpha value is -2.08. The van der Waals surface area contributed by atoms with Crippen LogP contribution in [0.2, 0.25) is 0 Å². The molecule has 0 spiro atoms. The normalized spacial score (nSPS) is 10.8. The van der Waals surface area contributed by atoms with Crippen LogP contribution in [-0.2, 0) is 0 Å². The fraction of sp³-hybridized carbons (Fsp3) is 0.231. The maximum Gasteiger partial charge on any atom is 0.141 e. The highest BCUT2D eigenvalue weighted by molar-refractivity contribution is 5.74. The lowest BCUT2D eigenvalue weighted by molar-refractivity contribution is 1.09. The molecule has 0 N–H and O–H groups in total. The van der Waals surface area contributed by atoms with Crippen LogP contribution >= 0.6 is 0 Å². The molecule has 0 aliphatic heterocycles. The summed E-state index contributed by atoms with van der Waals surface area (Å²) in [7, 11) is 3.90. The zero-order chi connectivity index (χ0) is 12.1. The molecule has 0 aliphatic rings. The number of allylic oxidation sites excluding steroid dienone is 3. The van der Waals surface area contributed by atoms with Crippen molar-refractivity contribution < 1.29 is 0 Å². The third-order valence-electron chi connectivity index (χ3n) is 2.21. The monoisotopic (exact) mass is 213 g/mol. The summed E-state index contributed by atoms with van der Waals surface area (Å²) in [6, 6.07) is 5.67. The number of aromatic nitrogens is 1. The van der Waals surface area contributed by atoms with E-state index in [4.69, 9.17) is 5.26 Å². The van der Waals surface area contributed by atoms with Crippen molar-refractivity contribution in [2.75, 3.05) is 19.0 Å². The number of hydrogen-bond donors (Lipinski definition) is 0. The molecular weight excluding hydrogens is 198 g/mol. The largest absolute Gasteiger partial charge is 0.376 e. The first-order valence-electron chi connectivity index (χ1n) is 4.98. The van der Waals surface area contributed by atoms with Crippen molar-refractivity contribution in [2.45, 2.75) is 6.92 Å². The van der Waals surface area contributed by atoms with E-state index in [0.29, 0.717) is 5.69 Å². The van der Waals surface area contributed by atoms with Gasteiger partial charge in [-0.2, -0.15) is 5.26 Å². The lowest BCUT2D eigenvalue weighted by Crippen LogP contribution is -2.12. The summed E-state index contributed by atoms with van der Waals surface area (Å²) in [4.78, 5) is 6.29. The van der Waals surface area contributed by atoms with E-state index in [1.54, 1.807) is 12.1 Å². The molecule has 82 valence electrons. The Morgan fingerprint density at radius 1 is 1.50 bits per heavy atom. The molecular formula is C13H15N3. The van der Waals surface area contributed by atoms with Gasteiger partial charge in [0.2, 0.25) is 0 Å². The molecule has 0 aromatic carbocycles. The minimum absolute atomic E-state index is 0.428. The van der Waals surface area contributed by atoms with E-state index >= 15 is 0 Å². The molecule has 0 bridgehead atoms. The van der Waals surface area contributed by atoms with Gasteiger partial charge in [-0.05, 0) is 24.6 Å². The predicted octanol–water partition coefficient (Wildman–Crippen LogP) is 2.61. The van der Waals surface area contributed by atoms with E-state index in [1.165, 1.54) is 0 Å². The Balaban J connectivity index is 3.38. The SMILES string of the molecule is C=C/C=C(/C)c1nc(C#N)ccc1N(C)C. The Morgan fingerprint density at radius 3 is 2.69 bits per heavy atom. The van der Waals surface area contributed by atoms with Crippen molar-refractivity contribution in [3.8, 4) is 6.07 Å². The number of rotatable bonds is 3. The van der Waals surface area contributed by atoms with Gasteiger partial charge in [-0.3, -0.25) is 0 Å². The van der Waals surface area contributed by atoms with Gasteiger partial charge in [0.05, 0.1) is 11.4 Å². The van der Waals surface area contributed by atoms with Crippen molar-refractivity contribution in [3.63, 3.8) is 0 Å². The van der Waals surface area contributed by atoms with E-state index in [9.17, 15) is 0 Å². The topological polar surface area (TPSA) is 39.9 Å². The van der Waals surface area contributed by atoms with E-state index < -0.39 is 0 Å². The van der Waals surface area contributed by atoms with Gasteiger partial charge in [-0.25, -0.2) is 4.98 Å². The first kappa shape index (κ1) is 12.0. The molecule has 0 amide bonds. The summed E-state index contributed by atoms with van der Waals surface area (Å²) in [5.74, 6) is 0. The molecule has 0 unspecified atom stereocenters. The Labute approximate surface area is 96.3 Å². The predicted molar refractivity (Wildman–Crippen MR) is 67.1 cm³/mol. The number of anilines is 1. The van der Waals surface area contributed by atoms with Gasteiger partial charge in [0, 0.05) is 14.1 Å². The molecule has 0 aliphatic carbocycles. The lowest BCUT2D eigenvalue weighted by Gasteiger charge is -2.16. The molecule has 3 heteroatoms. The molecule has 1 heterocycles. The van der Waals surface area contributed by atoms with E-state index in [-0.39, 0.29) is 0 Å². The third-order valence-corrected chi connectivity index (χ3v) is 2.21. The van der Waals surface area contributed by atoms with Crippen LogP contribution in [0.3, 0.4) is 0 Å². The number of pyridine rings is 1. The van der Waals surface area contributed by atoms with Crippen molar-refractivity contribution >= 4 is 11.3 Å². The molecule has 0 atom stereocenters. The Bertz CT molecular complexity index is 465. The van der Waals surface area contributed by atoms with Crippen LogP contribution in [0.5, 0.6) is 0 Å². The minimum atomic E-state index is 0.428. The molecule has 1 rings (SSSR count). The summed E-state index contributed by atoms with van der Waals surface area (Å²) in [6.45, 7) is 5.62. The van der Waals surface area contributed by atoms with Crippen molar-refractivity contribution in [3.05, 3.63) is 42.3 Å². The molecule has 1 aromatic rings. The Kier molecular flexibility index (Phi) is 3.84. The highest BCUT2D eigenvalue weighted by atomic mass is 15.1. The molecule has 0 saturated carbocycles. The number of hydrogen-bond acceptors (Lipinski definition) is 3. The second-order valence-corrected chi connectivity index (χ2v) is 3.66. The maximum absolute atomic E-state index is 8.84. The molecule has 16 heavy (non-hydrogen) atoms. The fourth-order valence-corrected chi connectivity index (χ4v) is 1.42. The van der Waals surface area contributed by atoms with Crippen molar-refractivity contribution in [1.29, 1.82) is 5.26 Å². The van der Waals surface area contributed by atoms with Crippen LogP contribution in [0, 0.1) is 11.3 Å². The van der Waals surface area contributed by atoms with Crippen LogP contribution in [0.25, 0.3) is 5.57 Å². The molecule has 0 radical (unpaired) electrons. The highest BCUT2D eigenvalue weighted by Crippen LogP contribution is 2.24. The molecule has 0 fully saturated rings. The van der Waals surface area contributed by atoms with E-state index in [2.05, 4.69) is 11.6 Å². The second kappa shape index (κ2) is 5.13. The van der Waals surface area contributed by atoms with Gasteiger partial charge in [-0.15, -0.1) is 0 Å². The summed E-state index contributed by atoms with van der Waals surface area (Å²) >= 11 is 0. The molecule has 1 aromatic heterocycles. The lowest BCUT2D eigenvalue weighted by atomic mass is 10.1. The van der Waals surface area contributed by atoms with Crippen LogP contribution in [0.1, 0.15) is 18.3 Å². The van der Waals surface area contributed by atoms with Gasteiger partial charge in [0.25, 0.3) is 0 Å². The number of nitriles is 1. The number of nitrogens with zero attached hydrogens (tertiary/aromatic N) is 3. The summed E-state index contributed by atoms with van der Waals surface area (Å²) in [5, 5.41) is 8.84. The molecule has 3 nitrogen and oxygen atoms in total. The van der Waals surface area contributed by atoms with Gasteiger partial charge in [-0.1, -0.05) is 18.7 Å². The quantitative estimate of drug-likeness (QED) is 0.724. The Morgan fingerprint density at radius 2 is 2.19 bits per heavy atom. The summed E-state index contributed by atoms with van der Waals surface area (Å²) in [5.41, 5.74) is 3.24. The average Bonchev–Trinajstić information content (AvgIpc) is 2.28. The first-order chi connectivity index (χ1) is 7.60. The van der Waals surface area contributed by atoms with Gasteiger partial charge < -0.3 is 4.90 Å².